The van der Waals surface area contributed by atoms with Crippen molar-refractivity contribution in [2.45, 2.75) is 77.8 Å². The third-order valence-corrected chi connectivity index (χ3v) is 8.88. The van der Waals surface area contributed by atoms with Crippen LogP contribution in [-0.2, 0) is 25.2 Å². The van der Waals surface area contributed by atoms with Crippen molar-refractivity contribution in [2.75, 3.05) is 13.1 Å². The lowest BCUT2D eigenvalue weighted by Gasteiger charge is -2.28. The van der Waals surface area contributed by atoms with Crippen LogP contribution in [0.5, 0.6) is 0 Å². The van der Waals surface area contributed by atoms with Crippen molar-refractivity contribution in [1.29, 1.82) is 0 Å². The Bertz CT molecular complexity index is 2250. The Morgan fingerprint density at radius 2 is 1.08 bits per heavy atom. The molecule has 15 nitrogen and oxygen atoms in total. The molecule has 0 unspecified atom stereocenters. The average molecular weight is 921 g/mol. The number of para-hydroxylation sites is 2. The van der Waals surface area contributed by atoms with E-state index in [0.717, 1.165) is 37.8 Å². The number of aryl methyl sites for hydroxylation is 2. The summed E-state index contributed by atoms with van der Waals surface area (Å²) in [4.78, 5) is 43.5. The van der Waals surface area contributed by atoms with Gasteiger partial charge >= 0.3 is 18.3 Å². The molecule has 2 aromatic carbocycles. The highest BCUT2D eigenvalue weighted by atomic mass is 35.5. The van der Waals surface area contributed by atoms with E-state index in [2.05, 4.69) is 45.6 Å². The molecule has 0 bridgehead atoms. The minimum atomic E-state index is -4.46. The molecule has 6 rings (SSSR count). The van der Waals surface area contributed by atoms with E-state index < -0.39 is 29.4 Å². The molecule has 2 N–H and O–H groups in total. The zero-order chi connectivity index (χ0) is 44.6. The molecule has 0 saturated carbocycles. The summed E-state index contributed by atoms with van der Waals surface area (Å²) in [7, 11) is 0. The maximum atomic E-state index is 13.2. The monoisotopic (exact) mass is 920 g/mol. The number of hydrogen-bond acceptors (Lipinski definition) is 11. The Morgan fingerprint density at radius 3 is 1.47 bits per heavy atom. The van der Waals surface area contributed by atoms with Crippen LogP contribution in [0.3, 0.4) is 0 Å². The zero-order valence-electron chi connectivity index (χ0n) is 35.0. The van der Waals surface area contributed by atoms with Crippen LogP contribution < -0.4 is 5.32 Å². The van der Waals surface area contributed by atoms with Crippen LogP contribution in [0.15, 0.2) is 98.1 Å². The summed E-state index contributed by atoms with van der Waals surface area (Å²) in [5, 5.41) is 28.1. The number of benzene rings is 2. The van der Waals surface area contributed by atoms with Crippen LogP contribution in [-0.4, -0.2) is 105 Å². The first-order valence-electron chi connectivity index (χ1n) is 19.0. The molecule has 1 amide bonds. The number of carbonyl (C=O) groups excluding carboxylic acids is 1. The van der Waals surface area contributed by atoms with E-state index in [1.54, 1.807) is 47.4 Å². The van der Waals surface area contributed by atoms with E-state index in [0.29, 0.717) is 60.4 Å². The van der Waals surface area contributed by atoms with Gasteiger partial charge in [-0.3, -0.25) is 4.79 Å². The number of nitrogens with zero attached hydrogens (tertiary/aromatic N) is 11. The number of aromatic carboxylic acids is 1. The van der Waals surface area contributed by atoms with Crippen LogP contribution >= 0.6 is 12.4 Å². The molecule has 0 radical (unpaired) electrons. The van der Waals surface area contributed by atoms with E-state index in [-0.39, 0.29) is 45.8 Å². The number of hydrogen-bond donors (Lipinski definition) is 2. The molecule has 348 valence electrons. The van der Waals surface area contributed by atoms with E-state index in [4.69, 9.17) is 5.11 Å². The Hall–Kier alpha value is -6.29. The van der Waals surface area contributed by atoms with Crippen LogP contribution in [0.2, 0.25) is 0 Å². The third-order valence-electron chi connectivity index (χ3n) is 8.88. The largest absolute Gasteiger partial charge is 0.478 e. The summed E-state index contributed by atoms with van der Waals surface area (Å²) >= 11 is 0. The van der Waals surface area contributed by atoms with Crippen molar-refractivity contribution in [1.82, 2.24) is 60.1 Å². The number of rotatable bonds is 14. The quantitative estimate of drug-likeness (QED) is 0.0701. The number of carboxylic acid groups (broad SMARTS) is 1. The van der Waals surface area contributed by atoms with Gasteiger partial charge in [-0.15, -0.1) is 12.4 Å². The minimum absolute atomic E-state index is 0. The molecule has 0 aliphatic heterocycles. The zero-order valence-corrected chi connectivity index (χ0v) is 35.8. The Labute approximate surface area is 374 Å². The molecule has 0 aliphatic rings. The van der Waals surface area contributed by atoms with Gasteiger partial charge in [0.15, 0.2) is 0 Å². The van der Waals surface area contributed by atoms with Crippen molar-refractivity contribution in [3.05, 3.63) is 139 Å². The molecule has 64 heavy (non-hydrogen) atoms. The van der Waals surface area contributed by atoms with Gasteiger partial charge < -0.3 is 22.7 Å². The summed E-state index contributed by atoms with van der Waals surface area (Å²) in [6, 6.07) is 13.8. The molecule has 4 heterocycles. The molecular weight excluding hydrogens is 869 g/mol. The van der Waals surface area contributed by atoms with Crippen molar-refractivity contribution in [2.24, 2.45) is 0 Å². The molecule has 2 atom stereocenters. The fourth-order valence-corrected chi connectivity index (χ4v) is 5.70. The lowest BCUT2D eigenvalue weighted by atomic mass is 10.1. The maximum absolute atomic E-state index is 13.2. The first kappa shape index (κ1) is 55.7. The number of aromatic nitrogens is 10. The first-order chi connectivity index (χ1) is 29.0. The number of halogens is 7. The average Bonchev–Trinajstić information content (AvgIpc) is 3.99. The lowest BCUT2D eigenvalue weighted by molar-refractivity contribution is -0.138. The summed E-state index contributed by atoms with van der Waals surface area (Å²) in [6.45, 7) is 9.13. The Balaban J connectivity index is 0.000000513. The van der Waals surface area contributed by atoms with Crippen LogP contribution in [0.1, 0.15) is 84.0 Å². The summed E-state index contributed by atoms with van der Waals surface area (Å²) in [5.74, 6) is -0.411. The van der Waals surface area contributed by atoms with Gasteiger partial charge in [-0.25, -0.2) is 24.7 Å². The van der Waals surface area contributed by atoms with Crippen LogP contribution in [0, 0.1) is 7.43 Å². The van der Waals surface area contributed by atoms with Crippen molar-refractivity contribution in [3.8, 4) is 11.4 Å². The van der Waals surface area contributed by atoms with Crippen molar-refractivity contribution in [3.63, 3.8) is 0 Å². The van der Waals surface area contributed by atoms with Crippen molar-refractivity contribution >= 4 is 32.7 Å². The van der Waals surface area contributed by atoms with Gasteiger partial charge in [0.05, 0.1) is 52.7 Å². The second-order valence-corrected chi connectivity index (χ2v) is 13.2. The summed E-state index contributed by atoms with van der Waals surface area (Å²) in [6.07, 6.45) is 2.70. The van der Waals surface area contributed by atoms with Gasteiger partial charge in [-0.1, -0.05) is 39.6 Å². The van der Waals surface area contributed by atoms with Gasteiger partial charge in [0, 0.05) is 56.3 Å². The fourth-order valence-electron chi connectivity index (χ4n) is 5.70. The summed E-state index contributed by atoms with van der Waals surface area (Å²) < 4.78 is 74.6. The molecule has 0 spiro atoms. The SMILES string of the molecule is CCN(C(=O)c1ccccc1-n1nccn1)[C@@H](C)CCc1ncc(C(F)(F)F)cn1.CCN[C@@H](C)CCc1ncc(C(F)(F)F)cn1.Cl.O=C(O)c1ccccc1-n1nccn1.[BH4-].[CH3-]. The van der Waals surface area contributed by atoms with E-state index in [1.807, 2.05) is 27.7 Å². The predicted molar refractivity (Wildman–Crippen MR) is 235 cm³/mol. The lowest BCUT2D eigenvalue weighted by Crippen LogP contribution is -2.39. The molecule has 6 aromatic rings. The standard InChI is InChI=1S/C20H21F3N6O.C11H16F3N3.C9H7N3O2.CH3.BH4.ClH/c1-3-28(14(2)8-9-18-24-12-15(13-25-18)20(21,22)23)19(30)16-6-4-5-7-17(16)29-26-10-11-27-29;1-3-15-8(2)4-5-10-16-6-9(7-17-10)11(12,13)14;13-9(14)7-3-1-2-4-8(7)12-10-5-6-11-12;;;/h4-7,10-14H,3,8-9H2,1-2H3;6-8,15H,3-5H2,1-2H3;1-6H,(H,13,14);1H3;1H4;1H/q;;;2*-1;/t14-;8-;;;;/m00..../s1. The van der Waals surface area contributed by atoms with Gasteiger partial charge in [-0.05, 0) is 64.4 Å². The van der Waals surface area contributed by atoms with E-state index in [9.17, 15) is 35.9 Å². The Morgan fingerprint density at radius 1 is 0.688 bits per heavy atom. The van der Waals surface area contributed by atoms with Gasteiger partial charge in [0.2, 0.25) is 0 Å². The number of carboxylic acids is 1. The number of carbonyl (C=O) groups is 2. The highest BCUT2D eigenvalue weighted by Gasteiger charge is 2.32. The molecule has 0 saturated heterocycles. The van der Waals surface area contributed by atoms with Gasteiger partial charge in [0.25, 0.3) is 5.91 Å². The minimum Gasteiger partial charge on any atom is -0.478 e. The third kappa shape index (κ3) is 16.4. The molecule has 4 aromatic heterocycles. The van der Waals surface area contributed by atoms with Crippen LogP contribution in [0.4, 0.5) is 26.3 Å². The Kier molecular flexibility index (Phi) is 23.0. The van der Waals surface area contributed by atoms with Crippen molar-refractivity contribution < 1.29 is 41.0 Å². The summed E-state index contributed by atoms with van der Waals surface area (Å²) in [5.41, 5.74) is 0.000540. The molecule has 0 aliphatic carbocycles. The second-order valence-electron chi connectivity index (χ2n) is 13.2. The first-order valence-corrected chi connectivity index (χ1v) is 19.0. The van der Waals surface area contributed by atoms with Gasteiger partial charge in [-0.2, -0.15) is 56.3 Å². The smallest absolute Gasteiger partial charge is 0.419 e. The topological polar surface area (TPSA) is 183 Å². The molecule has 0 fully saturated rings. The molecular formula is C41H52BClF6N12O3-2. The maximum Gasteiger partial charge on any atom is 0.419 e. The molecule has 23 heteroatoms. The van der Waals surface area contributed by atoms with Crippen LogP contribution in [0.25, 0.3) is 11.4 Å². The number of amides is 1. The van der Waals surface area contributed by atoms with E-state index in [1.165, 1.54) is 40.4 Å². The number of alkyl halides is 6. The van der Waals surface area contributed by atoms with E-state index >= 15 is 0 Å². The highest BCUT2D eigenvalue weighted by molar-refractivity contribution is 5.98. The second kappa shape index (κ2) is 26.4. The predicted octanol–water partition coefficient (Wildman–Crippen LogP) is 6.37. The fraction of sp³-hybridized carbons (Fsp3) is 0.341. The number of nitrogens with one attached hydrogen (secondary N) is 1. The van der Waals surface area contributed by atoms with Gasteiger partial charge in [0.1, 0.15) is 17.3 Å². The normalized spacial score (nSPS) is 11.7. The highest BCUT2D eigenvalue weighted by Crippen LogP contribution is 2.29.